The number of rotatable bonds is 3. The number of nitrogens with one attached hydrogen (secondary N) is 1. The first kappa shape index (κ1) is 15.0. The van der Waals surface area contributed by atoms with Crippen LogP contribution in [-0.2, 0) is 14.1 Å². The Morgan fingerprint density at radius 1 is 1.35 bits per heavy atom. The zero-order chi connectivity index (χ0) is 16.6. The van der Waals surface area contributed by atoms with Gasteiger partial charge in [0, 0.05) is 31.2 Å². The molecule has 0 atom stereocenters. The highest BCUT2D eigenvalue weighted by Crippen LogP contribution is 2.20. The lowest BCUT2D eigenvalue weighted by molar-refractivity contribution is 0.0956. The van der Waals surface area contributed by atoms with E-state index >= 15 is 0 Å². The highest BCUT2D eigenvalue weighted by molar-refractivity contribution is 6.07. The first-order valence-corrected chi connectivity index (χ1v) is 7.05. The molecule has 2 aromatic heterocycles. The van der Waals surface area contributed by atoms with E-state index in [1.54, 1.807) is 13.1 Å². The number of carbonyl (C=O) groups excluding carboxylic acids is 1. The number of nitrogens with zero attached hydrogens (tertiary/aromatic N) is 4. The lowest BCUT2D eigenvalue weighted by atomic mass is 10.2. The van der Waals surface area contributed by atoms with E-state index in [4.69, 9.17) is 0 Å². The maximum Gasteiger partial charge on any atom is 0.273 e. The summed E-state index contributed by atoms with van der Waals surface area (Å²) in [7, 11) is 3.38. The maximum atomic E-state index is 13.8. The van der Waals surface area contributed by atoms with Crippen LogP contribution in [0, 0.1) is 12.9 Å². The van der Waals surface area contributed by atoms with Crippen LogP contribution in [0.2, 0.25) is 0 Å². The zero-order valence-electron chi connectivity index (χ0n) is 13.0. The van der Waals surface area contributed by atoms with Gasteiger partial charge < -0.3 is 4.57 Å². The molecule has 3 rings (SSSR count). The van der Waals surface area contributed by atoms with Crippen molar-refractivity contribution in [2.24, 2.45) is 19.2 Å². The largest absolute Gasteiger partial charge is 0.350 e. The van der Waals surface area contributed by atoms with Crippen molar-refractivity contribution in [3.63, 3.8) is 0 Å². The average molecular weight is 313 g/mol. The molecule has 1 amide bonds. The fraction of sp³-hybridized carbons (Fsp3) is 0.188. The Morgan fingerprint density at radius 3 is 2.78 bits per heavy atom. The maximum absolute atomic E-state index is 13.8. The molecule has 0 bridgehead atoms. The molecule has 0 aliphatic heterocycles. The molecule has 0 fully saturated rings. The Balaban J connectivity index is 1.83. The number of halogens is 1. The summed E-state index contributed by atoms with van der Waals surface area (Å²) in [6.07, 6.45) is 3.01. The van der Waals surface area contributed by atoms with Gasteiger partial charge in [0.05, 0.1) is 23.0 Å². The predicted octanol–water partition coefficient (Wildman–Crippen LogP) is 2.12. The van der Waals surface area contributed by atoms with E-state index in [2.05, 4.69) is 15.6 Å². The number of hydrazone groups is 1. The molecule has 0 aliphatic carbocycles. The van der Waals surface area contributed by atoms with E-state index in [1.165, 1.54) is 13.3 Å². The fourth-order valence-electron chi connectivity index (χ4n) is 2.53. The summed E-state index contributed by atoms with van der Waals surface area (Å²) in [6.45, 7) is 1.68. The summed E-state index contributed by atoms with van der Waals surface area (Å²) in [5, 5.41) is 8.63. The van der Waals surface area contributed by atoms with E-state index in [9.17, 15) is 9.18 Å². The normalized spacial score (nSPS) is 11.5. The van der Waals surface area contributed by atoms with Gasteiger partial charge in [-0.25, -0.2) is 10.1 Å². The van der Waals surface area contributed by atoms with Crippen LogP contribution in [0.5, 0.6) is 0 Å². The molecular formula is C16H16FN5O. The van der Waals surface area contributed by atoms with Crippen LogP contribution in [0.3, 0.4) is 0 Å². The van der Waals surface area contributed by atoms with E-state index in [0.717, 1.165) is 15.6 Å². The molecule has 3 aromatic rings. The zero-order valence-corrected chi connectivity index (χ0v) is 13.0. The van der Waals surface area contributed by atoms with Crippen LogP contribution >= 0.6 is 0 Å². The Kier molecular flexibility index (Phi) is 3.69. The highest BCUT2D eigenvalue weighted by Gasteiger charge is 2.14. The summed E-state index contributed by atoms with van der Waals surface area (Å²) >= 11 is 0. The molecule has 6 nitrogen and oxygen atoms in total. The monoisotopic (exact) mass is 313 g/mol. The number of fused-ring (bicyclic) bond motifs is 1. The van der Waals surface area contributed by atoms with Crippen LogP contribution in [0.4, 0.5) is 4.39 Å². The lowest BCUT2D eigenvalue weighted by Crippen LogP contribution is -2.17. The number of benzene rings is 1. The van der Waals surface area contributed by atoms with Crippen LogP contribution in [0.1, 0.15) is 21.6 Å². The van der Waals surface area contributed by atoms with Crippen LogP contribution < -0.4 is 5.43 Å². The van der Waals surface area contributed by atoms with Crippen LogP contribution in [0.15, 0.2) is 35.6 Å². The Labute approximate surface area is 132 Å². The molecule has 118 valence electrons. The van der Waals surface area contributed by atoms with Gasteiger partial charge in [0.25, 0.3) is 5.91 Å². The smallest absolute Gasteiger partial charge is 0.273 e. The Morgan fingerprint density at radius 2 is 2.09 bits per heavy atom. The van der Waals surface area contributed by atoms with Gasteiger partial charge in [0.2, 0.25) is 5.95 Å². The van der Waals surface area contributed by atoms with Gasteiger partial charge in [0.1, 0.15) is 0 Å². The van der Waals surface area contributed by atoms with Crippen molar-refractivity contribution >= 4 is 23.0 Å². The molecule has 0 unspecified atom stereocenters. The quantitative estimate of drug-likeness (QED) is 0.594. The number of aryl methyl sites for hydroxylation is 3. The van der Waals surface area contributed by atoms with Gasteiger partial charge in [0.15, 0.2) is 0 Å². The number of hydrogen-bond acceptors (Lipinski definition) is 3. The number of amides is 1. The van der Waals surface area contributed by atoms with Gasteiger partial charge in [-0.05, 0) is 13.0 Å². The van der Waals surface area contributed by atoms with Crippen molar-refractivity contribution in [3.8, 4) is 0 Å². The number of carbonyl (C=O) groups is 1. The SMILES string of the molecule is Cc1nn(C)c(F)c1/C=N/NC(=O)c1cn(C)c2ccccc12. The standard InChI is InChI=1S/C16H16FN5O/c1-10-12(15(17)22(3)20-10)8-18-19-16(23)13-9-21(2)14-7-5-4-6-11(13)14/h4-9H,1-3H3,(H,19,23)/b18-8+. The molecule has 23 heavy (non-hydrogen) atoms. The summed E-state index contributed by atoms with van der Waals surface area (Å²) in [4.78, 5) is 12.3. The van der Waals surface area contributed by atoms with E-state index in [1.807, 2.05) is 35.9 Å². The van der Waals surface area contributed by atoms with Crippen molar-refractivity contribution in [2.75, 3.05) is 0 Å². The second-order valence-electron chi connectivity index (χ2n) is 5.28. The van der Waals surface area contributed by atoms with Crippen molar-refractivity contribution < 1.29 is 9.18 Å². The van der Waals surface area contributed by atoms with E-state index in [0.29, 0.717) is 11.3 Å². The summed E-state index contributed by atoms with van der Waals surface area (Å²) in [5.41, 5.74) is 4.66. The van der Waals surface area contributed by atoms with E-state index in [-0.39, 0.29) is 11.5 Å². The van der Waals surface area contributed by atoms with Crippen molar-refractivity contribution in [2.45, 2.75) is 6.92 Å². The summed E-state index contributed by atoms with van der Waals surface area (Å²) in [6, 6.07) is 7.59. The van der Waals surface area contributed by atoms with Crippen molar-refractivity contribution in [1.29, 1.82) is 0 Å². The highest BCUT2D eigenvalue weighted by atomic mass is 19.1. The summed E-state index contributed by atoms with van der Waals surface area (Å²) in [5.74, 6) is -0.842. The molecule has 0 saturated carbocycles. The van der Waals surface area contributed by atoms with Crippen molar-refractivity contribution in [3.05, 3.63) is 53.2 Å². The van der Waals surface area contributed by atoms with Gasteiger partial charge in [-0.3, -0.25) is 4.79 Å². The molecule has 1 N–H and O–H groups in total. The minimum atomic E-state index is -0.495. The number of aromatic nitrogens is 3. The minimum Gasteiger partial charge on any atom is -0.350 e. The predicted molar refractivity (Wildman–Crippen MR) is 85.9 cm³/mol. The minimum absolute atomic E-state index is 0.255. The molecule has 7 heteroatoms. The number of hydrogen-bond donors (Lipinski definition) is 1. The van der Waals surface area contributed by atoms with Gasteiger partial charge in [-0.2, -0.15) is 14.6 Å². The van der Waals surface area contributed by atoms with Crippen LogP contribution in [0.25, 0.3) is 10.9 Å². The second-order valence-corrected chi connectivity index (χ2v) is 5.28. The molecule has 0 spiro atoms. The third kappa shape index (κ3) is 2.61. The Bertz CT molecular complexity index is 922. The third-order valence-electron chi connectivity index (χ3n) is 3.70. The molecule has 0 aliphatic rings. The van der Waals surface area contributed by atoms with Crippen molar-refractivity contribution in [1.82, 2.24) is 19.8 Å². The first-order chi connectivity index (χ1) is 11.0. The second kappa shape index (κ2) is 5.68. The fourth-order valence-corrected chi connectivity index (χ4v) is 2.53. The lowest BCUT2D eigenvalue weighted by Gasteiger charge is -1.97. The number of para-hydroxylation sites is 1. The molecular weight excluding hydrogens is 297 g/mol. The molecule has 1 aromatic carbocycles. The van der Waals surface area contributed by atoms with Gasteiger partial charge in [-0.1, -0.05) is 18.2 Å². The van der Waals surface area contributed by atoms with Gasteiger partial charge in [-0.15, -0.1) is 0 Å². The Hall–Kier alpha value is -2.96. The summed E-state index contributed by atoms with van der Waals surface area (Å²) < 4.78 is 16.8. The topological polar surface area (TPSA) is 64.2 Å². The van der Waals surface area contributed by atoms with E-state index < -0.39 is 5.95 Å². The van der Waals surface area contributed by atoms with Crippen LogP contribution in [-0.4, -0.2) is 26.5 Å². The van der Waals surface area contributed by atoms with Gasteiger partial charge >= 0.3 is 0 Å². The first-order valence-electron chi connectivity index (χ1n) is 7.05. The molecule has 2 heterocycles. The molecule has 0 radical (unpaired) electrons. The third-order valence-corrected chi connectivity index (χ3v) is 3.70. The molecule has 0 saturated heterocycles. The average Bonchev–Trinajstić information content (AvgIpc) is 2.99.